The number of hydrogen-bond donors (Lipinski definition) is 2. The molecule has 0 fully saturated rings. The fourth-order valence-electron chi connectivity index (χ4n) is 1.84. The lowest BCUT2D eigenvalue weighted by molar-refractivity contribution is 0.627. The molecule has 7 heteroatoms. The summed E-state index contributed by atoms with van der Waals surface area (Å²) in [6, 6.07) is 8.56. The van der Waals surface area contributed by atoms with Crippen molar-refractivity contribution in [3.63, 3.8) is 0 Å². The quantitative estimate of drug-likeness (QED) is 0.407. The molecule has 1 heterocycles. The van der Waals surface area contributed by atoms with E-state index >= 15 is 0 Å². The molecule has 0 bridgehead atoms. The van der Waals surface area contributed by atoms with Crippen molar-refractivity contribution >= 4 is 52.9 Å². The van der Waals surface area contributed by atoms with Gasteiger partial charge in [0.25, 0.3) is 0 Å². The van der Waals surface area contributed by atoms with Gasteiger partial charge in [0.15, 0.2) is 5.96 Å². The van der Waals surface area contributed by atoms with Gasteiger partial charge in [-0.05, 0) is 35.6 Å². The topological polar surface area (TPSA) is 36.4 Å². The molecule has 2 aromatic rings. The van der Waals surface area contributed by atoms with Crippen LogP contribution in [0.4, 0.5) is 4.39 Å². The minimum Gasteiger partial charge on any atom is -0.356 e. The van der Waals surface area contributed by atoms with Crippen molar-refractivity contribution in [2.75, 3.05) is 13.6 Å². The zero-order valence-corrected chi connectivity index (χ0v) is 16.0. The number of nitrogens with one attached hydrogen (secondary N) is 2. The number of thiophene rings is 1. The van der Waals surface area contributed by atoms with Crippen molar-refractivity contribution < 1.29 is 4.39 Å². The van der Waals surface area contributed by atoms with Gasteiger partial charge in [-0.25, -0.2) is 4.39 Å². The summed E-state index contributed by atoms with van der Waals surface area (Å²) in [6.45, 7) is 1.42. The van der Waals surface area contributed by atoms with Gasteiger partial charge in [-0.1, -0.05) is 23.7 Å². The number of nitrogens with zero attached hydrogens (tertiary/aromatic N) is 1. The molecule has 1 aromatic heterocycles. The second-order valence-corrected chi connectivity index (χ2v) is 5.86. The molecule has 0 saturated carbocycles. The van der Waals surface area contributed by atoms with Crippen LogP contribution in [0.25, 0.3) is 0 Å². The van der Waals surface area contributed by atoms with Gasteiger partial charge in [-0.3, -0.25) is 4.99 Å². The highest BCUT2D eigenvalue weighted by molar-refractivity contribution is 14.0. The Balaban J connectivity index is 0.00000242. The third kappa shape index (κ3) is 6.10. The first kappa shape index (κ1) is 19.2. The van der Waals surface area contributed by atoms with Gasteiger partial charge < -0.3 is 10.6 Å². The molecule has 2 rings (SSSR count). The molecule has 22 heavy (non-hydrogen) atoms. The molecule has 3 nitrogen and oxygen atoms in total. The molecule has 0 unspecified atom stereocenters. The summed E-state index contributed by atoms with van der Waals surface area (Å²) in [4.78, 5) is 5.41. The minimum atomic E-state index is -0.315. The van der Waals surface area contributed by atoms with E-state index in [9.17, 15) is 4.39 Å². The molecular weight excluding hydrogens is 436 g/mol. The summed E-state index contributed by atoms with van der Waals surface area (Å²) in [7, 11) is 1.73. The molecule has 0 saturated heterocycles. The van der Waals surface area contributed by atoms with Gasteiger partial charge in [0.2, 0.25) is 0 Å². The third-order valence-electron chi connectivity index (χ3n) is 2.94. The monoisotopic (exact) mass is 453 g/mol. The Kier molecular flexibility index (Phi) is 8.74. The number of hydrogen-bond acceptors (Lipinski definition) is 2. The summed E-state index contributed by atoms with van der Waals surface area (Å²) in [5.41, 5.74) is 0.916. The summed E-state index contributed by atoms with van der Waals surface area (Å²) in [5.74, 6) is 0.423. The highest BCUT2D eigenvalue weighted by atomic mass is 127. The van der Waals surface area contributed by atoms with Crippen LogP contribution in [-0.4, -0.2) is 19.6 Å². The van der Waals surface area contributed by atoms with Gasteiger partial charge in [-0.2, -0.15) is 0 Å². The lowest BCUT2D eigenvalue weighted by atomic mass is 10.1. The molecule has 0 aliphatic carbocycles. The maximum atomic E-state index is 13.0. The first-order valence-corrected chi connectivity index (χ1v) is 7.85. The average molecular weight is 454 g/mol. The highest BCUT2D eigenvalue weighted by Gasteiger charge is 2.03. The van der Waals surface area contributed by atoms with Crippen molar-refractivity contribution in [1.29, 1.82) is 0 Å². The first-order valence-electron chi connectivity index (χ1n) is 6.60. The SMILES string of the molecule is CN=C(NCCc1ccc(F)cc1Cl)NCc1cccs1.I. The average Bonchev–Trinajstić information content (AvgIpc) is 2.98. The second-order valence-electron chi connectivity index (χ2n) is 4.42. The van der Waals surface area contributed by atoms with E-state index in [1.165, 1.54) is 17.0 Å². The number of rotatable bonds is 5. The number of halogens is 3. The van der Waals surface area contributed by atoms with E-state index < -0.39 is 0 Å². The summed E-state index contributed by atoms with van der Waals surface area (Å²) in [6.07, 6.45) is 0.707. The number of benzene rings is 1. The van der Waals surface area contributed by atoms with Crippen molar-refractivity contribution in [2.24, 2.45) is 4.99 Å². The fourth-order valence-corrected chi connectivity index (χ4v) is 2.75. The van der Waals surface area contributed by atoms with Crippen molar-refractivity contribution in [3.05, 3.63) is 57.0 Å². The van der Waals surface area contributed by atoms with Crippen molar-refractivity contribution in [2.45, 2.75) is 13.0 Å². The molecule has 0 atom stereocenters. The van der Waals surface area contributed by atoms with Crippen LogP contribution in [-0.2, 0) is 13.0 Å². The van der Waals surface area contributed by atoms with E-state index in [0.717, 1.165) is 18.1 Å². The Hall–Kier alpha value is -0.860. The molecular formula is C15H18ClFIN3S. The number of guanidine groups is 1. The van der Waals surface area contributed by atoms with Gasteiger partial charge in [0.05, 0.1) is 6.54 Å². The molecule has 120 valence electrons. The maximum absolute atomic E-state index is 13.0. The molecule has 0 aliphatic rings. The van der Waals surface area contributed by atoms with E-state index in [1.54, 1.807) is 24.5 Å². The van der Waals surface area contributed by atoms with Crippen LogP contribution < -0.4 is 10.6 Å². The van der Waals surface area contributed by atoms with Gasteiger partial charge in [-0.15, -0.1) is 35.3 Å². The van der Waals surface area contributed by atoms with E-state index in [2.05, 4.69) is 21.7 Å². The number of aliphatic imine (C=N–C) groups is 1. The third-order valence-corrected chi connectivity index (χ3v) is 4.16. The Bertz CT molecular complexity index is 605. The van der Waals surface area contributed by atoms with Crippen LogP contribution in [0.5, 0.6) is 0 Å². The Morgan fingerprint density at radius 1 is 1.32 bits per heavy atom. The lowest BCUT2D eigenvalue weighted by Crippen LogP contribution is -2.37. The summed E-state index contributed by atoms with van der Waals surface area (Å²) < 4.78 is 13.0. The first-order chi connectivity index (χ1) is 10.2. The molecule has 0 aliphatic heterocycles. The predicted molar refractivity (Wildman–Crippen MR) is 103 cm³/mol. The zero-order valence-electron chi connectivity index (χ0n) is 12.1. The van der Waals surface area contributed by atoms with E-state index in [1.807, 2.05) is 11.4 Å². The minimum absolute atomic E-state index is 0. The van der Waals surface area contributed by atoms with Crippen molar-refractivity contribution in [1.82, 2.24) is 10.6 Å². The van der Waals surface area contributed by atoms with Gasteiger partial charge >= 0.3 is 0 Å². The lowest BCUT2D eigenvalue weighted by Gasteiger charge is -2.11. The molecule has 0 amide bonds. The zero-order chi connectivity index (χ0) is 15.1. The normalized spacial score (nSPS) is 11.0. The van der Waals surface area contributed by atoms with Gasteiger partial charge in [0.1, 0.15) is 5.82 Å². The van der Waals surface area contributed by atoms with E-state index in [0.29, 0.717) is 18.0 Å². The second kappa shape index (κ2) is 10.0. The summed E-state index contributed by atoms with van der Waals surface area (Å²) in [5, 5.41) is 8.95. The van der Waals surface area contributed by atoms with Crippen LogP contribution in [0.2, 0.25) is 5.02 Å². The van der Waals surface area contributed by atoms with Crippen LogP contribution in [0, 0.1) is 5.82 Å². The van der Waals surface area contributed by atoms with Crippen molar-refractivity contribution in [3.8, 4) is 0 Å². The highest BCUT2D eigenvalue weighted by Crippen LogP contribution is 2.17. The van der Waals surface area contributed by atoms with Crippen LogP contribution >= 0.6 is 46.9 Å². The van der Waals surface area contributed by atoms with Crippen LogP contribution in [0.15, 0.2) is 40.7 Å². The fraction of sp³-hybridized carbons (Fsp3) is 0.267. The van der Waals surface area contributed by atoms with E-state index in [-0.39, 0.29) is 29.8 Å². The molecule has 0 radical (unpaired) electrons. The standard InChI is InChI=1S/C15H17ClFN3S.HI/c1-18-15(20-10-13-3-2-8-21-13)19-7-6-11-4-5-12(17)9-14(11)16;/h2-5,8-9H,6-7,10H2,1H3,(H2,18,19,20);1H. The largest absolute Gasteiger partial charge is 0.356 e. The molecule has 0 spiro atoms. The Labute approximate surface area is 156 Å². The Morgan fingerprint density at radius 2 is 2.14 bits per heavy atom. The van der Waals surface area contributed by atoms with E-state index in [4.69, 9.17) is 11.6 Å². The predicted octanol–water partition coefficient (Wildman–Crippen LogP) is 4.07. The molecule has 1 aromatic carbocycles. The van der Waals surface area contributed by atoms with Crippen LogP contribution in [0.3, 0.4) is 0 Å². The van der Waals surface area contributed by atoms with Gasteiger partial charge in [0, 0.05) is 23.5 Å². The molecule has 2 N–H and O–H groups in total. The smallest absolute Gasteiger partial charge is 0.191 e. The van der Waals surface area contributed by atoms with Crippen LogP contribution in [0.1, 0.15) is 10.4 Å². The Morgan fingerprint density at radius 3 is 2.77 bits per heavy atom. The maximum Gasteiger partial charge on any atom is 0.191 e. The summed E-state index contributed by atoms with van der Waals surface area (Å²) >= 11 is 7.70.